The fourth-order valence-electron chi connectivity index (χ4n) is 1.97. The van der Waals surface area contributed by atoms with Gasteiger partial charge in [-0.1, -0.05) is 42.6 Å². The molecule has 2 aromatic carbocycles. The van der Waals surface area contributed by atoms with Crippen molar-refractivity contribution in [1.82, 2.24) is 0 Å². The molecule has 0 saturated heterocycles. The third-order valence-corrected chi connectivity index (χ3v) is 3.69. The molecule has 4 nitrogen and oxygen atoms in total. The van der Waals surface area contributed by atoms with Crippen molar-refractivity contribution in [3.8, 4) is 11.5 Å². The largest absolute Gasteiger partial charge is 0.494 e. The van der Waals surface area contributed by atoms with E-state index in [0.29, 0.717) is 24.2 Å². The Kier molecular flexibility index (Phi) is 6.64. The predicted octanol–water partition coefficient (Wildman–Crippen LogP) is 5.20. The van der Waals surface area contributed by atoms with Crippen molar-refractivity contribution in [2.24, 2.45) is 0 Å². The van der Waals surface area contributed by atoms with E-state index in [0.717, 1.165) is 12.8 Å². The highest BCUT2D eigenvalue weighted by molar-refractivity contribution is 6.36. The second-order valence-electron chi connectivity index (χ2n) is 5.04. The van der Waals surface area contributed by atoms with Gasteiger partial charge in [-0.25, -0.2) is 4.79 Å². The van der Waals surface area contributed by atoms with E-state index in [2.05, 4.69) is 6.92 Å². The Hall–Kier alpha value is -2.04. The number of hydrogen-bond donors (Lipinski definition) is 0. The maximum atomic E-state index is 12.3. The van der Waals surface area contributed by atoms with Gasteiger partial charge in [-0.2, -0.15) is 0 Å². The van der Waals surface area contributed by atoms with Crippen LogP contribution in [0.15, 0.2) is 36.4 Å². The molecule has 0 amide bonds. The number of unbranched alkanes of at least 4 members (excludes halogenated alkanes) is 1. The maximum absolute atomic E-state index is 12.3. The molecule has 0 spiro atoms. The lowest BCUT2D eigenvalue weighted by Gasteiger charge is -2.10. The molecular weight excluding hydrogens is 351 g/mol. The topological polar surface area (TPSA) is 52.6 Å². The lowest BCUT2D eigenvalue weighted by atomic mass is 10.2. The molecule has 0 fully saturated rings. The number of halogens is 2. The number of esters is 1. The molecular formula is C18H16Cl2O4. The first kappa shape index (κ1) is 18.3. The monoisotopic (exact) mass is 366 g/mol. The standard InChI is InChI=1S/C18H16Cl2O4/c1-2-3-7-23-15-6-4-5-12(9-15)18(22)24-17-13(11-21)8-14(19)10-16(17)20/h4-6,8-11H,2-3,7H2,1H3. The van der Waals surface area contributed by atoms with Crippen molar-refractivity contribution in [2.75, 3.05) is 6.61 Å². The number of hydrogen-bond acceptors (Lipinski definition) is 4. The van der Waals surface area contributed by atoms with Gasteiger partial charge in [0.15, 0.2) is 12.0 Å². The van der Waals surface area contributed by atoms with Gasteiger partial charge in [-0.05, 0) is 36.8 Å². The molecule has 0 radical (unpaired) electrons. The summed E-state index contributed by atoms with van der Waals surface area (Å²) in [4.78, 5) is 23.4. The van der Waals surface area contributed by atoms with Crippen LogP contribution >= 0.6 is 23.2 Å². The van der Waals surface area contributed by atoms with Gasteiger partial charge in [-0.3, -0.25) is 4.79 Å². The minimum Gasteiger partial charge on any atom is -0.494 e. The van der Waals surface area contributed by atoms with Crippen LogP contribution in [0.2, 0.25) is 10.0 Å². The molecule has 0 aliphatic carbocycles. The van der Waals surface area contributed by atoms with Crippen LogP contribution in [-0.4, -0.2) is 18.9 Å². The summed E-state index contributed by atoms with van der Waals surface area (Å²) in [7, 11) is 0. The van der Waals surface area contributed by atoms with E-state index in [1.807, 2.05) is 0 Å². The van der Waals surface area contributed by atoms with Crippen LogP contribution in [0.3, 0.4) is 0 Å². The Morgan fingerprint density at radius 1 is 1.21 bits per heavy atom. The van der Waals surface area contributed by atoms with Crippen molar-refractivity contribution in [3.63, 3.8) is 0 Å². The van der Waals surface area contributed by atoms with Crippen LogP contribution in [0.25, 0.3) is 0 Å². The number of rotatable bonds is 7. The zero-order chi connectivity index (χ0) is 17.5. The van der Waals surface area contributed by atoms with E-state index in [4.69, 9.17) is 32.7 Å². The fourth-order valence-corrected chi connectivity index (χ4v) is 2.52. The molecule has 6 heteroatoms. The van der Waals surface area contributed by atoms with Crippen molar-refractivity contribution >= 4 is 35.5 Å². The average molecular weight is 367 g/mol. The molecule has 0 saturated carbocycles. The van der Waals surface area contributed by atoms with Crippen LogP contribution in [0.5, 0.6) is 11.5 Å². The first-order valence-electron chi connectivity index (χ1n) is 7.44. The van der Waals surface area contributed by atoms with Gasteiger partial charge in [0.1, 0.15) is 5.75 Å². The van der Waals surface area contributed by atoms with Crippen LogP contribution in [0, 0.1) is 0 Å². The number of carbonyl (C=O) groups excluding carboxylic acids is 2. The maximum Gasteiger partial charge on any atom is 0.343 e. The Bertz CT molecular complexity index is 744. The molecule has 2 rings (SSSR count). The van der Waals surface area contributed by atoms with Gasteiger partial charge in [0.25, 0.3) is 0 Å². The van der Waals surface area contributed by atoms with E-state index in [1.165, 1.54) is 12.1 Å². The predicted molar refractivity (Wildman–Crippen MR) is 93.7 cm³/mol. The normalized spacial score (nSPS) is 10.3. The Morgan fingerprint density at radius 2 is 2.00 bits per heavy atom. The Morgan fingerprint density at radius 3 is 2.71 bits per heavy atom. The minimum atomic E-state index is -0.636. The number of carbonyl (C=O) groups is 2. The van der Waals surface area contributed by atoms with Crippen molar-refractivity contribution in [1.29, 1.82) is 0 Å². The zero-order valence-electron chi connectivity index (χ0n) is 13.1. The second kappa shape index (κ2) is 8.71. The van der Waals surface area contributed by atoms with E-state index in [1.54, 1.807) is 24.3 Å². The molecule has 0 unspecified atom stereocenters. The van der Waals surface area contributed by atoms with E-state index >= 15 is 0 Å². The molecule has 126 valence electrons. The molecule has 0 bridgehead atoms. The lowest BCUT2D eigenvalue weighted by molar-refractivity contribution is 0.0733. The SMILES string of the molecule is CCCCOc1cccc(C(=O)Oc2c(Cl)cc(Cl)cc2C=O)c1. The number of aldehydes is 1. The van der Waals surface area contributed by atoms with Crippen molar-refractivity contribution < 1.29 is 19.1 Å². The van der Waals surface area contributed by atoms with Crippen LogP contribution in [0.1, 0.15) is 40.5 Å². The van der Waals surface area contributed by atoms with Gasteiger partial charge in [-0.15, -0.1) is 0 Å². The van der Waals surface area contributed by atoms with Gasteiger partial charge in [0.05, 0.1) is 22.8 Å². The quantitative estimate of drug-likeness (QED) is 0.292. The third kappa shape index (κ3) is 4.73. The minimum absolute atomic E-state index is 0.0154. The molecule has 2 aromatic rings. The van der Waals surface area contributed by atoms with Crippen molar-refractivity contribution in [3.05, 3.63) is 57.6 Å². The first-order chi connectivity index (χ1) is 11.5. The molecule has 0 aromatic heterocycles. The van der Waals surface area contributed by atoms with Crippen LogP contribution in [-0.2, 0) is 0 Å². The van der Waals surface area contributed by atoms with E-state index in [9.17, 15) is 9.59 Å². The summed E-state index contributed by atoms with van der Waals surface area (Å²) in [6, 6.07) is 9.43. The Balaban J connectivity index is 2.18. The van der Waals surface area contributed by atoms with Crippen molar-refractivity contribution in [2.45, 2.75) is 19.8 Å². The average Bonchev–Trinajstić information content (AvgIpc) is 2.57. The molecule has 24 heavy (non-hydrogen) atoms. The van der Waals surface area contributed by atoms with Crippen LogP contribution in [0.4, 0.5) is 0 Å². The summed E-state index contributed by atoms with van der Waals surface area (Å²) in [6.07, 6.45) is 2.48. The number of benzene rings is 2. The van der Waals surface area contributed by atoms with Gasteiger partial charge >= 0.3 is 5.97 Å². The van der Waals surface area contributed by atoms with E-state index in [-0.39, 0.29) is 21.4 Å². The summed E-state index contributed by atoms with van der Waals surface area (Å²) in [5, 5.41) is 0.376. The molecule has 0 N–H and O–H groups in total. The highest BCUT2D eigenvalue weighted by Crippen LogP contribution is 2.32. The molecule has 0 heterocycles. The summed E-state index contributed by atoms with van der Waals surface area (Å²) >= 11 is 11.9. The lowest BCUT2D eigenvalue weighted by Crippen LogP contribution is -2.10. The van der Waals surface area contributed by atoms with Gasteiger partial charge in [0.2, 0.25) is 0 Å². The summed E-state index contributed by atoms with van der Waals surface area (Å²) in [5.74, 6) is -0.0719. The summed E-state index contributed by atoms with van der Waals surface area (Å²) in [6.45, 7) is 2.64. The molecule has 0 atom stereocenters. The molecule has 0 aliphatic heterocycles. The fraction of sp³-hybridized carbons (Fsp3) is 0.222. The highest BCUT2D eigenvalue weighted by Gasteiger charge is 2.16. The highest BCUT2D eigenvalue weighted by atomic mass is 35.5. The summed E-state index contributed by atoms with van der Waals surface area (Å²) < 4.78 is 10.8. The second-order valence-corrected chi connectivity index (χ2v) is 5.89. The first-order valence-corrected chi connectivity index (χ1v) is 8.20. The van der Waals surface area contributed by atoms with Crippen LogP contribution < -0.4 is 9.47 Å². The van der Waals surface area contributed by atoms with E-state index < -0.39 is 5.97 Å². The van der Waals surface area contributed by atoms with Gasteiger partial charge < -0.3 is 9.47 Å². The van der Waals surface area contributed by atoms with Gasteiger partial charge in [0, 0.05) is 5.02 Å². The molecule has 0 aliphatic rings. The number of ether oxygens (including phenoxy) is 2. The third-order valence-electron chi connectivity index (χ3n) is 3.20. The Labute approximate surface area is 150 Å². The zero-order valence-corrected chi connectivity index (χ0v) is 14.6. The smallest absolute Gasteiger partial charge is 0.343 e. The summed E-state index contributed by atoms with van der Waals surface area (Å²) in [5.41, 5.74) is 0.406.